The third-order valence-corrected chi connectivity index (χ3v) is 7.25. The molecule has 0 unspecified atom stereocenters. The molecule has 32 heavy (non-hydrogen) atoms. The quantitative estimate of drug-likeness (QED) is 0.601. The third kappa shape index (κ3) is 3.64. The van der Waals surface area contributed by atoms with Gasteiger partial charge in [-0.1, -0.05) is 0 Å². The molecule has 2 atom stereocenters. The van der Waals surface area contributed by atoms with Crippen LogP contribution in [0.5, 0.6) is 0 Å². The van der Waals surface area contributed by atoms with E-state index in [0.29, 0.717) is 12.1 Å². The van der Waals surface area contributed by atoms with E-state index in [9.17, 15) is 39.2 Å². The SMILES string of the molecule is [2H]C([2H])([2H])O[C@@]1(C(F)(F)F)CCc2c(S(=O)(=O)Nc3cc(F)c([C@@H]4CC4(F)F)cc3F)c[nH]c2C1. The van der Waals surface area contributed by atoms with E-state index in [0.717, 1.165) is 6.20 Å². The number of aromatic amines is 1. The molecule has 0 bridgehead atoms. The fourth-order valence-corrected chi connectivity index (χ4v) is 5.21. The Morgan fingerprint density at radius 1 is 1.25 bits per heavy atom. The van der Waals surface area contributed by atoms with E-state index < -0.39 is 94.1 Å². The van der Waals surface area contributed by atoms with Gasteiger partial charge in [0.2, 0.25) is 0 Å². The van der Waals surface area contributed by atoms with E-state index in [2.05, 4.69) is 9.72 Å². The van der Waals surface area contributed by atoms with Gasteiger partial charge in [-0.25, -0.2) is 26.0 Å². The first-order chi connectivity index (χ1) is 15.9. The Kier molecular flexibility index (Phi) is 4.27. The maximum atomic E-state index is 14.4. The van der Waals surface area contributed by atoms with E-state index >= 15 is 0 Å². The van der Waals surface area contributed by atoms with Crippen LogP contribution in [0.2, 0.25) is 0 Å². The topological polar surface area (TPSA) is 71.2 Å². The molecule has 2 aromatic rings. The molecule has 0 saturated heterocycles. The molecule has 0 spiro atoms. The highest BCUT2D eigenvalue weighted by Crippen LogP contribution is 2.56. The predicted molar refractivity (Wildman–Crippen MR) is 98.1 cm³/mol. The van der Waals surface area contributed by atoms with Crippen molar-refractivity contribution in [2.45, 2.75) is 54.2 Å². The number of alkyl halides is 5. The molecule has 4 rings (SSSR count). The highest BCUT2D eigenvalue weighted by Gasteiger charge is 2.59. The number of benzene rings is 1. The van der Waals surface area contributed by atoms with Crippen molar-refractivity contribution >= 4 is 15.7 Å². The number of fused-ring (bicyclic) bond motifs is 1. The number of hydrogen-bond donors (Lipinski definition) is 2. The predicted octanol–water partition coefficient (Wildman–Crippen LogP) is 4.65. The molecule has 0 amide bonds. The molecule has 0 aliphatic heterocycles. The summed E-state index contributed by atoms with van der Waals surface area (Å²) in [6, 6.07) is 0.879. The Morgan fingerprint density at radius 2 is 1.94 bits per heavy atom. The van der Waals surface area contributed by atoms with Crippen LogP contribution in [0.15, 0.2) is 23.2 Å². The molecule has 1 fully saturated rings. The number of ether oxygens (including phenoxy) is 1. The van der Waals surface area contributed by atoms with Crippen molar-refractivity contribution in [1.29, 1.82) is 0 Å². The Hall–Kier alpha value is -2.28. The Balaban J connectivity index is 1.62. The zero-order chi connectivity index (χ0) is 26.2. The van der Waals surface area contributed by atoms with Crippen LogP contribution in [-0.2, 0) is 27.6 Å². The van der Waals surface area contributed by atoms with Crippen LogP contribution in [0.25, 0.3) is 0 Å². The highest BCUT2D eigenvalue weighted by atomic mass is 32.2. The fraction of sp³-hybridized carbons (Fsp3) is 0.474. The highest BCUT2D eigenvalue weighted by molar-refractivity contribution is 7.92. The Morgan fingerprint density at radius 3 is 2.53 bits per heavy atom. The number of nitrogens with one attached hydrogen (secondary N) is 2. The summed E-state index contributed by atoms with van der Waals surface area (Å²) in [6.45, 7) is 0. The van der Waals surface area contributed by atoms with Crippen molar-refractivity contribution in [1.82, 2.24) is 4.98 Å². The first kappa shape index (κ1) is 19.2. The first-order valence-electron chi connectivity index (χ1n) is 10.7. The summed E-state index contributed by atoms with van der Waals surface area (Å²) in [7, 11) is -8.05. The van der Waals surface area contributed by atoms with Crippen LogP contribution >= 0.6 is 0 Å². The summed E-state index contributed by atoms with van der Waals surface area (Å²) in [5.74, 6) is -7.28. The van der Waals surface area contributed by atoms with Gasteiger partial charge in [-0.05, 0) is 24.5 Å². The van der Waals surface area contributed by atoms with Crippen LogP contribution in [0.1, 0.15) is 39.7 Å². The summed E-state index contributed by atoms with van der Waals surface area (Å²) in [5.41, 5.74) is -4.94. The van der Waals surface area contributed by atoms with E-state index in [1.165, 1.54) is 0 Å². The molecule has 1 heterocycles. The minimum Gasteiger partial charge on any atom is -0.368 e. The van der Waals surface area contributed by atoms with E-state index in [1.807, 2.05) is 0 Å². The largest absolute Gasteiger partial charge is 0.417 e. The van der Waals surface area contributed by atoms with E-state index in [-0.39, 0.29) is 11.3 Å². The van der Waals surface area contributed by atoms with Crippen molar-refractivity contribution in [3.05, 3.63) is 46.8 Å². The molecule has 1 aromatic carbocycles. The molecule has 176 valence electrons. The zero-order valence-corrected chi connectivity index (χ0v) is 16.7. The lowest BCUT2D eigenvalue weighted by Crippen LogP contribution is -2.51. The number of anilines is 1. The second-order valence-electron chi connectivity index (χ2n) is 7.86. The van der Waals surface area contributed by atoms with Crippen LogP contribution in [0.3, 0.4) is 0 Å². The average molecular weight is 489 g/mol. The second kappa shape index (κ2) is 7.11. The second-order valence-corrected chi connectivity index (χ2v) is 9.51. The molecule has 13 heteroatoms. The monoisotopic (exact) mass is 489 g/mol. The molecule has 5 nitrogen and oxygen atoms in total. The third-order valence-electron chi connectivity index (χ3n) is 5.81. The number of H-pyrrole nitrogens is 1. The van der Waals surface area contributed by atoms with Crippen LogP contribution in [-0.4, -0.2) is 38.1 Å². The fourth-order valence-electron chi connectivity index (χ4n) is 3.89. The van der Waals surface area contributed by atoms with Gasteiger partial charge in [0.05, 0.1) is 15.7 Å². The number of sulfonamides is 1. The minimum absolute atomic E-state index is 0.110. The average Bonchev–Trinajstić information content (AvgIpc) is 3.11. The van der Waals surface area contributed by atoms with Gasteiger partial charge in [0, 0.05) is 43.4 Å². The normalized spacial score (nSPS) is 26.6. The van der Waals surface area contributed by atoms with Crippen LogP contribution < -0.4 is 4.72 Å². The Labute approximate surface area is 182 Å². The standard InChI is InChI=1S/C19H17F7N2O3S/c1-31-17(19(24,25)26)3-2-9-15(7-17)27-8-16(9)32(29,30)28-14-5-12(20)10(4-13(14)21)11-6-18(11,22)23/h4-5,8,11,27-28H,2-3,6-7H2,1H3/t11-,17-/m0/s1/i1D3. The maximum absolute atomic E-state index is 14.4. The summed E-state index contributed by atoms with van der Waals surface area (Å²) < 4.78 is 149. The molecule has 1 aromatic heterocycles. The molecule has 2 N–H and O–H groups in total. The molecular weight excluding hydrogens is 469 g/mol. The number of aromatic nitrogens is 1. The van der Waals surface area contributed by atoms with Gasteiger partial charge in [-0.3, -0.25) is 4.72 Å². The summed E-state index contributed by atoms with van der Waals surface area (Å²) in [5, 5.41) is 0. The summed E-state index contributed by atoms with van der Waals surface area (Å²) in [6.07, 6.45) is -7.42. The lowest BCUT2D eigenvalue weighted by atomic mass is 9.83. The number of hydrogen-bond acceptors (Lipinski definition) is 3. The van der Waals surface area contributed by atoms with Crippen molar-refractivity contribution in [2.75, 3.05) is 11.8 Å². The molecule has 2 aliphatic rings. The van der Waals surface area contributed by atoms with Gasteiger partial charge >= 0.3 is 6.18 Å². The molecular formula is C19H17F7N2O3S. The smallest absolute Gasteiger partial charge is 0.368 e. The van der Waals surface area contributed by atoms with Gasteiger partial charge < -0.3 is 9.72 Å². The molecule has 1 saturated carbocycles. The molecule has 2 aliphatic carbocycles. The van der Waals surface area contributed by atoms with Crippen molar-refractivity contribution < 1.29 is 48.0 Å². The van der Waals surface area contributed by atoms with Gasteiger partial charge in [0.1, 0.15) is 16.5 Å². The number of methoxy groups -OCH3 is 1. The van der Waals surface area contributed by atoms with Crippen molar-refractivity contribution in [2.24, 2.45) is 0 Å². The minimum atomic E-state index is -5.09. The van der Waals surface area contributed by atoms with Gasteiger partial charge in [0.15, 0.2) is 5.60 Å². The molecule has 0 radical (unpaired) electrons. The first-order valence-corrected chi connectivity index (χ1v) is 10.7. The number of halogens is 7. The van der Waals surface area contributed by atoms with Gasteiger partial charge in [-0.15, -0.1) is 0 Å². The summed E-state index contributed by atoms with van der Waals surface area (Å²) in [4.78, 5) is 1.80. The van der Waals surface area contributed by atoms with Crippen LogP contribution in [0.4, 0.5) is 36.4 Å². The Bertz CT molecular complexity index is 1280. The van der Waals surface area contributed by atoms with Gasteiger partial charge in [-0.2, -0.15) is 13.2 Å². The summed E-state index contributed by atoms with van der Waals surface area (Å²) >= 11 is 0. The van der Waals surface area contributed by atoms with Crippen molar-refractivity contribution in [3.8, 4) is 0 Å². The maximum Gasteiger partial charge on any atom is 0.417 e. The zero-order valence-electron chi connectivity index (χ0n) is 18.9. The van der Waals surface area contributed by atoms with E-state index in [1.54, 1.807) is 4.72 Å². The van der Waals surface area contributed by atoms with Crippen molar-refractivity contribution in [3.63, 3.8) is 0 Å². The lowest BCUT2D eigenvalue weighted by Gasteiger charge is -2.37. The number of rotatable bonds is 5. The van der Waals surface area contributed by atoms with E-state index in [4.69, 9.17) is 4.11 Å². The van der Waals surface area contributed by atoms with Crippen LogP contribution in [0, 0.1) is 11.6 Å². The lowest BCUT2D eigenvalue weighted by molar-refractivity contribution is -0.273. The van der Waals surface area contributed by atoms with Gasteiger partial charge in [0.25, 0.3) is 15.9 Å².